The van der Waals surface area contributed by atoms with E-state index >= 15 is 0 Å². The summed E-state index contributed by atoms with van der Waals surface area (Å²) < 4.78 is 5.05. The maximum absolute atomic E-state index is 12.2. The highest BCUT2D eigenvalue weighted by molar-refractivity contribution is 6.32. The molecule has 0 aliphatic carbocycles. The summed E-state index contributed by atoms with van der Waals surface area (Å²) in [6, 6.07) is 8.82. The summed E-state index contributed by atoms with van der Waals surface area (Å²) in [6.45, 7) is 0.199. The molecule has 0 radical (unpaired) electrons. The van der Waals surface area contributed by atoms with Crippen molar-refractivity contribution in [3.8, 4) is 5.75 Å². The lowest BCUT2D eigenvalue weighted by Gasteiger charge is -2.09. The van der Waals surface area contributed by atoms with E-state index in [2.05, 4.69) is 5.32 Å². The molecule has 0 atom stereocenters. The molecule has 3 N–H and O–H groups in total. The standard InChI is InChI=1S/C15H14ClN3O4/c1-23-14-5-2-9(6-12(14)16)8-18-15(20)11-7-10(19(21)22)3-4-13(11)17/h2-7H,8,17H2,1H3,(H,18,20). The first-order chi connectivity index (χ1) is 10.9. The van der Waals surface area contributed by atoms with Crippen LogP contribution in [0.25, 0.3) is 0 Å². The molecule has 0 spiro atoms. The number of carbonyl (C=O) groups is 1. The molecule has 2 rings (SSSR count). The number of anilines is 1. The van der Waals surface area contributed by atoms with E-state index in [1.165, 1.54) is 19.2 Å². The summed E-state index contributed by atoms with van der Waals surface area (Å²) in [7, 11) is 1.51. The quantitative estimate of drug-likeness (QED) is 0.496. The van der Waals surface area contributed by atoms with Gasteiger partial charge in [-0.15, -0.1) is 0 Å². The number of nitrogen functional groups attached to an aromatic ring is 1. The zero-order valence-electron chi connectivity index (χ0n) is 12.2. The highest BCUT2D eigenvalue weighted by Gasteiger charge is 2.15. The van der Waals surface area contributed by atoms with E-state index in [1.54, 1.807) is 18.2 Å². The van der Waals surface area contributed by atoms with Crippen molar-refractivity contribution < 1.29 is 14.5 Å². The maximum Gasteiger partial charge on any atom is 0.270 e. The summed E-state index contributed by atoms with van der Waals surface area (Å²) >= 11 is 6.01. The van der Waals surface area contributed by atoms with Crippen molar-refractivity contribution in [3.05, 3.63) is 62.7 Å². The highest BCUT2D eigenvalue weighted by atomic mass is 35.5. The summed E-state index contributed by atoms with van der Waals surface area (Å²) in [4.78, 5) is 22.3. The molecular formula is C15H14ClN3O4. The van der Waals surface area contributed by atoms with E-state index in [1.807, 2.05) is 0 Å². The van der Waals surface area contributed by atoms with Crippen LogP contribution in [0.15, 0.2) is 36.4 Å². The van der Waals surface area contributed by atoms with Crippen molar-refractivity contribution in [1.29, 1.82) is 0 Å². The van der Waals surface area contributed by atoms with Gasteiger partial charge in [-0.3, -0.25) is 14.9 Å². The van der Waals surface area contributed by atoms with Gasteiger partial charge in [0.15, 0.2) is 0 Å². The molecule has 0 saturated heterocycles. The molecule has 0 bridgehead atoms. The van der Waals surface area contributed by atoms with Crippen LogP contribution in [0.1, 0.15) is 15.9 Å². The number of rotatable bonds is 5. The molecule has 0 fully saturated rings. The van der Waals surface area contributed by atoms with Crippen LogP contribution in [-0.2, 0) is 6.54 Å². The summed E-state index contributed by atoms with van der Waals surface area (Å²) in [5.74, 6) is 0.0304. The molecule has 7 nitrogen and oxygen atoms in total. The van der Waals surface area contributed by atoms with E-state index < -0.39 is 10.8 Å². The molecule has 1 amide bonds. The van der Waals surface area contributed by atoms with Crippen molar-refractivity contribution in [2.75, 3.05) is 12.8 Å². The molecule has 8 heteroatoms. The van der Waals surface area contributed by atoms with Gasteiger partial charge in [-0.25, -0.2) is 0 Å². The van der Waals surface area contributed by atoms with Crippen LogP contribution in [0.5, 0.6) is 5.75 Å². The van der Waals surface area contributed by atoms with Gasteiger partial charge < -0.3 is 15.8 Å². The number of nitro benzene ring substituents is 1. The molecule has 2 aromatic carbocycles. The summed E-state index contributed by atoms with van der Waals surface area (Å²) in [6.07, 6.45) is 0. The van der Waals surface area contributed by atoms with Gasteiger partial charge >= 0.3 is 0 Å². The number of amides is 1. The number of nitrogens with zero attached hydrogens (tertiary/aromatic N) is 1. The summed E-state index contributed by atoms with van der Waals surface area (Å²) in [5.41, 5.74) is 6.48. The van der Waals surface area contributed by atoms with Crippen LogP contribution < -0.4 is 15.8 Å². The van der Waals surface area contributed by atoms with Crippen molar-refractivity contribution in [2.24, 2.45) is 0 Å². The third kappa shape index (κ3) is 3.89. The Morgan fingerprint density at radius 2 is 2.09 bits per heavy atom. The van der Waals surface area contributed by atoms with E-state index in [9.17, 15) is 14.9 Å². The molecular weight excluding hydrogens is 322 g/mol. The zero-order valence-corrected chi connectivity index (χ0v) is 13.0. The fourth-order valence-electron chi connectivity index (χ4n) is 1.95. The third-order valence-electron chi connectivity index (χ3n) is 3.16. The molecule has 23 heavy (non-hydrogen) atoms. The largest absolute Gasteiger partial charge is 0.495 e. The normalized spacial score (nSPS) is 10.2. The number of methoxy groups -OCH3 is 1. The van der Waals surface area contributed by atoms with E-state index in [-0.39, 0.29) is 23.5 Å². The first-order valence-corrected chi connectivity index (χ1v) is 6.94. The number of non-ortho nitro benzene ring substituents is 1. The third-order valence-corrected chi connectivity index (χ3v) is 3.46. The monoisotopic (exact) mass is 335 g/mol. The van der Waals surface area contributed by atoms with E-state index in [0.29, 0.717) is 10.8 Å². The number of hydrogen-bond acceptors (Lipinski definition) is 5. The first-order valence-electron chi connectivity index (χ1n) is 6.57. The minimum atomic E-state index is -0.584. The number of hydrogen-bond donors (Lipinski definition) is 2. The van der Waals surface area contributed by atoms with Gasteiger partial charge in [-0.2, -0.15) is 0 Å². The van der Waals surface area contributed by atoms with Crippen LogP contribution in [-0.4, -0.2) is 17.9 Å². The van der Waals surface area contributed by atoms with Crippen LogP contribution in [0.2, 0.25) is 5.02 Å². The van der Waals surface area contributed by atoms with Gasteiger partial charge in [-0.05, 0) is 23.8 Å². The number of nitrogens with two attached hydrogens (primary N) is 1. The lowest BCUT2D eigenvalue weighted by Crippen LogP contribution is -2.24. The second kappa shape index (κ2) is 6.97. The molecule has 0 unspecified atom stereocenters. The number of halogens is 1. The van der Waals surface area contributed by atoms with Gasteiger partial charge in [0.1, 0.15) is 5.75 Å². The van der Waals surface area contributed by atoms with Gasteiger partial charge in [0.2, 0.25) is 0 Å². The van der Waals surface area contributed by atoms with E-state index in [0.717, 1.165) is 11.6 Å². The molecule has 2 aromatic rings. The number of ether oxygens (including phenoxy) is 1. The van der Waals surface area contributed by atoms with Crippen molar-refractivity contribution in [3.63, 3.8) is 0 Å². The highest BCUT2D eigenvalue weighted by Crippen LogP contribution is 2.25. The Morgan fingerprint density at radius 1 is 1.35 bits per heavy atom. The Balaban J connectivity index is 2.12. The Kier molecular flexibility index (Phi) is 5.02. The number of carbonyl (C=O) groups excluding carboxylic acids is 1. The van der Waals surface area contributed by atoms with Gasteiger partial charge in [0.05, 0.1) is 22.6 Å². The van der Waals surface area contributed by atoms with Gasteiger partial charge in [0, 0.05) is 24.4 Å². The van der Waals surface area contributed by atoms with E-state index in [4.69, 9.17) is 22.1 Å². The minimum Gasteiger partial charge on any atom is -0.495 e. The number of nitro groups is 1. The average molecular weight is 336 g/mol. The lowest BCUT2D eigenvalue weighted by atomic mass is 10.1. The fraction of sp³-hybridized carbons (Fsp3) is 0.133. The predicted molar refractivity (Wildman–Crippen MR) is 86.7 cm³/mol. The maximum atomic E-state index is 12.2. The Hall–Kier alpha value is -2.80. The Labute approximate surface area is 137 Å². The SMILES string of the molecule is COc1ccc(CNC(=O)c2cc([N+](=O)[O-])ccc2N)cc1Cl. The van der Waals surface area contributed by atoms with Crippen LogP contribution >= 0.6 is 11.6 Å². The van der Waals surface area contributed by atoms with Crippen LogP contribution in [0.3, 0.4) is 0 Å². The second-order valence-corrected chi connectivity index (χ2v) is 5.09. The summed E-state index contributed by atoms with van der Waals surface area (Å²) in [5, 5.41) is 13.8. The fourth-order valence-corrected chi connectivity index (χ4v) is 2.23. The number of benzene rings is 2. The average Bonchev–Trinajstić information content (AvgIpc) is 2.53. The molecule has 0 saturated carbocycles. The Bertz CT molecular complexity index is 764. The Morgan fingerprint density at radius 3 is 2.70 bits per heavy atom. The molecule has 0 aliphatic heterocycles. The van der Waals surface area contributed by atoms with Crippen LogP contribution in [0, 0.1) is 10.1 Å². The zero-order chi connectivity index (χ0) is 17.0. The van der Waals surface area contributed by atoms with Crippen molar-refractivity contribution in [1.82, 2.24) is 5.32 Å². The molecule has 120 valence electrons. The lowest BCUT2D eigenvalue weighted by molar-refractivity contribution is -0.384. The topological polar surface area (TPSA) is 107 Å². The van der Waals surface area contributed by atoms with Gasteiger partial charge in [0.25, 0.3) is 11.6 Å². The molecule has 0 heterocycles. The first kappa shape index (κ1) is 16.6. The van der Waals surface area contributed by atoms with Crippen molar-refractivity contribution >= 4 is 28.9 Å². The second-order valence-electron chi connectivity index (χ2n) is 4.68. The molecule has 0 aliphatic rings. The smallest absolute Gasteiger partial charge is 0.270 e. The van der Waals surface area contributed by atoms with Crippen LogP contribution in [0.4, 0.5) is 11.4 Å². The number of nitrogens with one attached hydrogen (secondary N) is 1. The van der Waals surface area contributed by atoms with Gasteiger partial charge in [-0.1, -0.05) is 17.7 Å². The van der Waals surface area contributed by atoms with Crippen molar-refractivity contribution in [2.45, 2.75) is 6.54 Å². The minimum absolute atomic E-state index is 0.0545. The predicted octanol–water partition coefficient (Wildman–Crippen LogP) is 2.77. The molecule has 0 aromatic heterocycles.